The van der Waals surface area contributed by atoms with Crippen LogP contribution in [0, 0.1) is 0 Å². The summed E-state index contributed by atoms with van der Waals surface area (Å²) < 4.78 is 4.40. The largest absolute Gasteiger partial charge is 0.481 e. The molecule has 0 radical (unpaired) electrons. The molecule has 0 heterocycles. The third-order valence-corrected chi connectivity index (χ3v) is 1.92. The van der Waals surface area contributed by atoms with Crippen LogP contribution in [0.25, 0.3) is 0 Å². The first kappa shape index (κ1) is 14.4. The van der Waals surface area contributed by atoms with E-state index in [4.69, 9.17) is 5.11 Å². The van der Waals surface area contributed by atoms with Crippen molar-refractivity contribution in [2.24, 2.45) is 0 Å². The van der Waals surface area contributed by atoms with Crippen LogP contribution in [0.4, 0.5) is 0 Å². The van der Waals surface area contributed by atoms with Gasteiger partial charge in [-0.15, -0.1) is 0 Å². The summed E-state index contributed by atoms with van der Waals surface area (Å²) in [6.07, 6.45) is 1.54. The number of ether oxygens (including phenoxy) is 1. The van der Waals surface area contributed by atoms with Crippen LogP contribution in [0.3, 0.4) is 0 Å². The number of esters is 1. The van der Waals surface area contributed by atoms with Crippen LogP contribution in [0.5, 0.6) is 0 Å². The standard InChI is InChI=1S/C10H17NO5/c1-16-10(15)6-7-11-8(12)4-2-3-5-9(13)14/h2-7H2,1H3,(H,11,12)(H,13,14). The van der Waals surface area contributed by atoms with Crippen LogP contribution in [0.2, 0.25) is 0 Å². The first-order chi connectivity index (χ1) is 7.56. The molecule has 0 unspecified atom stereocenters. The first-order valence-electron chi connectivity index (χ1n) is 5.11. The van der Waals surface area contributed by atoms with Crippen molar-refractivity contribution in [1.29, 1.82) is 0 Å². The molecule has 0 aromatic rings. The molecule has 92 valence electrons. The molecule has 1 amide bonds. The number of carboxylic acids is 1. The topological polar surface area (TPSA) is 92.7 Å². The average molecular weight is 231 g/mol. The molecule has 0 aliphatic carbocycles. The Morgan fingerprint density at radius 1 is 1.12 bits per heavy atom. The summed E-state index contributed by atoms with van der Waals surface area (Å²) in [6, 6.07) is 0. The number of hydrogen-bond acceptors (Lipinski definition) is 4. The Morgan fingerprint density at radius 3 is 2.31 bits per heavy atom. The third-order valence-electron chi connectivity index (χ3n) is 1.92. The fourth-order valence-corrected chi connectivity index (χ4v) is 1.06. The third kappa shape index (κ3) is 8.98. The zero-order chi connectivity index (χ0) is 12.4. The second-order valence-corrected chi connectivity index (χ2v) is 3.28. The summed E-state index contributed by atoms with van der Waals surface area (Å²) in [5.41, 5.74) is 0. The van der Waals surface area contributed by atoms with Crippen molar-refractivity contribution in [2.75, 3.05) is 13.7 Å². The number of carbonyl (C=O) groups excluding carboxylic acids is 2. The van der Waals surface area contributed by atoms with Crippen molar-refractivity contribution in [3.63, 3.8) is 0 Å². The fraction of sp³-hybridized carbons (Fsp3) is 0.700. The number of hydrogen-bond donors (Lipinski definition) is 2. The minimum Gasteiger partial charge on any atom is -0.481 e. The van der Waals surface area contributed by atoms with Gasteiger partial charge in [-0.05, 0) is 12.8 Å². The van der Waals surface area contributed by atoms with Gasteiger partial charge in [0.25, 0.3) is 0 Å². The van der Waals surface area contributed by atoms with Gasteiger partial charge in [-0.1, -0.05) is 0 Å². The van der Waals surface area contributed by atoms with E-state index in [2.05, 4.69) is 10.1 Å². The van der Waals surface area contributed by atoms with E-state index in [1.165, 1.54) is 7.11 Å². The lowest BCUT2D eigenvalue weighted by Crippen LogP contribution is -2.26. The lowest BCUT2D eigenvalue weighted by atomic mass is 10.2. The number of nitrogens with one attached hydrogen (secondary N) is 1. The molecule has 0 fully saturated rings. The average Bonchev–Trinajstić information content (AvgIpc) is 2.24. The van der Waals surface area contributed by atoms with E-state index in [1.807, 2.05) is 0 Å². The molecule has 0 rings (SSSR count). The number of carboxylic acid groups (broad SMARTS) is 1. The van der Waals surface area contributed by atoms with E-state index >= 15 is 0 Å². The van der Waals surface area contributed by atoms with Crippen LogP contribution < -0.4 is 5.32 Å². The van der Waals surface area contributed by atoms with E-state index in [0.717, 1.165) is 0 Å². The Morgan fingerprint density at radius 2 is 1.75 bits per heavy atom. The molecule has 0 atom stereocenters. The highest BCUT2D eigenvalue weighted by Crippen LogP contribution is 1.99. The maximum Gasteiger partial charge on any atom is 0.307 e. The number of rotatable bonds is 8. The molecular weight excluding hydrogens is 214 g/mol. The van der Waals surface area contributed by atoms with Crippen molar-refractivity contribution < 1.29 is 24.2 Å². The molecule has 0 aliphatic heterocycles. The molecule has 2 N–H and O–H groups in total. The number of unbranched alkanes of at least 4 members (excludes halogenated alkanes) is 1. The normalized spacial score (nSPS) is 9.56. The molecule has 0 spiro atoms. The molecule has 0 aliphatic rings. The molecule has 6 nitrogen and oxygen atoms in total. The first-order valence-corrected chi connectivity index (χ1v) is 5.11. The van der Waals surface area contributed by atoms with E-state index in [9.17, 15) is 14.4 Å². The Bertz CT molecular complexity index is 252. The van der Waals surface area contributed by atoms with Gasteiger partial charge in [0.15, 0.2) is 0 Å². The Labute approximate surface area is 94.0 Å². The Kier molecular flexibility index (Phi) is 7.83. The zero-order valence-corrected chi connectivity index (χ0v) is 9.32. The molecule has 0 aromatic heterocycles. The highest BCUT2D eigenvalue weighted by Gasteiger charge is 2.04. The second-order valence-electron chi connectivity index (χ2n) is 3.28. The van der Waals surface area contributed by atoms with Gasteiger partial charge in [-0.25, -0.2) is 0 Å². The Balaban J connectivity index is 3.38. The summed E-state index contributed by atoms with van der Waals surface area (Å²) in [4.78, 5) is 32.0. The SMILES string of the molecule is COC(=O)CCNC(=O)CCCCC(=O)O. The maximum absolute atomic E-state index is 11.1. The molecule has 0 saturated carbocycles. The van der Waals surface area contributed by atoms with Crippen LogP contribution in [-0.2, 0) is 19.1 Å². The number of carbonyl (C=O) groups is 3. The van der Waals surface area contributed by atoms with Gasteiger partial charge in [0.2, 0.25) is 5.91 Å². The van der Waals surface area contributed by atoms with Gasteiger partial charge in [-0.2, -0.15) is 0 Å². The smallest absolute Gasteiger partial charge is 0.307 e. The fourth-order valence-electron chi connectivity index (χ4n) is 1.06. The van der Waals surface area contributed by atoms with Crippen LogP contribution >= 0.6 is 0 Å². The van der Waals surface area contributed by atoms with Gasteiger partial charge in [0, 0.05) is 19.4 Å². The summed E-state index contributed by atoms with van der Waals surface area (Å²) in [7, 11) is 1.29. The minimum absolute atomic E-state index is 0.0788. The van der Waals surface area contributed by atoms with Gasteiger partial charge < -0.3 is 15.2 Å². The van der Waals surface area contributed by atoms with Crippen molar-refractivity contribution in [3.05, 3.63) is 0 Å². The van der Waals surface area contributed by atoms with Gasteiger partial charge >= 0.3 is 11.9 Å². The quantitative estimate of drug-likeness (QED) is 0.463. The number of amides is 1. The van der Waals surface area contributed by atoms with Crippen LogP contribution in [0.1, 0.15) is 32.1 Å². The lowest BCUT2D eigenvalue weighted by molar-refractivity contribution is -0.140. The van der Waals surface area contributed by atoms with Gasteiger partial charge in [0.1, 0.15) is 0 Å². The minimum atomic E-state index is -0.855. The summed E-state index contributed by atoms with van der Waals surface area (Å²) in [6.45, 7) is 0.254. The lowest BCUT2D eigenvalue weighted by Gasteiger charge is -2.03. The van der Waals surface area contributed by atoms with E-state index in [0.29, 0.717) is 12.8 Å². The second kappa shape index (κ2) is 8.70. The van der Waals surface area contributed by atoms with Crippen molar-refractivity contribution in [2.45, 2.75) is 32.1 Å². The maximum atomic E-state index is 11.1. The Hall–Kier alpha value is -1.59. The van der Waals surface area contributed by atoms with Crippen molar-refractivity contribution >= 4 is 17.8 Å². The predicted molar refractivity (Wildman–Crippen MR) is 55.7 cm³/mol. The predicted octanol–water partition coefficient (Wildman–Crippen LogP) is 0.311. The highest BCUT2D eigenvalue weighted by atomic mass is 16.5. The summed E-state index contributed by atoms with van der Waals surface area (Å²) in [5.74, 6) is -1.40. The summed E-state index contributed by atoms with van der Waals surface area (Å²) in [5, 5.41) is 10.9. The number of methoxy groups -OCH3 is 1. The van der Waals surface area contributed by atoms with Crippen molar-refractivity contribution in [3.8, 4) is 0 Å². The molecule has 0 saturated heterocycles. The molecule has 16 heavy (non-hydrogen) atoms. The molecule has 0 aromatic carbocycles. The van der Waals surface area contributed by atoms with Crippen LogP contribution in [-0.4, -0.2) is 36.6 Å². The van der Waals surface area contributed by atoms with Gasteiger partial charge in [0.05, 0.1) is 13.5 Å². The zero-order valence-electron chi connectivity index (χ0n) is 9.32. The van der Waals surface area contributed by atoms with E-state index < -0.39 is 5.97 Å². The van der Waals surface area contributed by atoms with E-state index in [1.54, 1.807) is 0 Å². The summed E-state index contributed by atoms with van der Waals surface area (Å²) >= 11 is 0. The highest BCUT2D eigenvalue weighted by molar-refractivity contribution is 5.77. The van der Waals surface area contributed by atoms with Gasteiger partial charge in [-0.3, -0.25) is 14.4 Å². The molecular formula is C10H17NO5. The van der Waals surface area contributed by atoms with Crippen LogP contribution in [0.15, 0.2) is 0 Å². The van der Waals surface area contributed by atoms with E-state index in [-0.39, 0.29) is 37.7 Å². The molecule has 0 bridgehead atoms. The number of aliphatic carboxylic acids is 1. The van der Waals surface area contributed by atoms with Crippen molar-refractivity contribution in [1.82, 2.24) is 5.32 Å². The molecule has 6 heteroatoms. The monoisotopic (exact) mass is 231 g/mol.